The maximum absolute atomic E-state index is 0. The summed E-state index contributed by atoms with van der Waals surface area (Å²) in [5.41, 5.74) is 0. The number of hydrogen-bond acceptors (Lipinski definition) is 0. The molecule has 0 spiro atoms. The summed E-state index contributed by atoms with van der Waals surface area (Å²) >= 11 is 0. The molecule has 0 aliphatic rings. The Morgan fingerprint density at radius 1 is 0.429 bits per heavy atom. The van der Waals surface area contributed by atoms with Gasteiger partial charge < -0.3 is 23.5 Å². The molecule has 7 heteroatoms. The van der Waals surface area contributed by atoms with Crippen LogP contribution in [0.4, 0.5) is 0 Å². The van der Waals surface area contributed by atoms with Crippen molar-refractivity contribution in [2.24, 2.45) is 0 Å². The van der Waals surface area contributed by atoms with E-state index in [4.69, 9.17) is 0 Å². The first-order valence-electron chi connectivity index (χ1n) is 0. The standard InChI is InChI=1S/5FH.Na.Pu/h5*1H;;/q;;;;;+1;/p-5. The minimum atomic E-state index is 0. The smallest absolute Gasteiger partial charge is 1.00 e. The predicted octanol–water partition coefficient (Wildman–Crippen LogP) is -18.0. The molecule has 0 aromatic heterocycles. The number of hydrogen-bond donors (Lipinski definition) is 0. The molecule has 0 saturated carbocycles. The van der Waals surface area contributed by atoms with Crippen LogP contribution in [0.1, 0.15) is 0 Å². The summed E-state index contributed by atoms with van der Waals surface area (Å²) in [5.74, 6) is 0. The molecule has 0 aliphatic carbocycles. The maximum Gasteiger partial charge on any atom is 1.00 e. The Bertz CT molecular complexity index is 8.04. The van der Waals surface area contributed by atoms with Crippen molar-refractivity contribution in [2.45, 2.75) is 0 Å². The molecule has 0 radical (unpaired) electrons. The predicted molar refractivity (Wildman–Crippen MR) is 0 cm³/mol. The quantitative estimate of drug-likeness (QED) is 0.297. The Morgan fingerprint density at radius 2 is 0.429 bits per heavy atom. The first-order chi connectivity index (χ1) is 0. The molecule has 0 N–H and O–H groups in total. The number of rotatable bonds is 0. The van der Waals surface area contributed by atoms with Gasteiger partial charge in [0.2, 0.25) is 0 Å². The fourth-order valence-electron chi connectivity index (χ4n) is 0. The second-order valence-corrected chi connectivity index (χ2v) is 0. The van der Waals surface area contributed by atoms with Gasteiger partial charge in [-0.25, -0.2) is 0 Å². The molecule has 0 fully saturated rings. The number of halogens is 5. The van der Waals surface area contributed by atoms with Crippen molar-refractivity contribution in [3.05, 3.63) is 0 Å². The van der Waals surface area contributed by atoms with Crippen molar-refractivity contribution in [3.63, 3.8) is 0 Å². The van der Waals surface area contributed by atoms with Gasteiger partial charge in [-0.05, 0) is 0 Å². The zero-order chi connectivity index (χ0) is 0. The Hall–Kier alpha value is 1.64. The van der Waals surface area contributed by atoms with Crippen LogP contribution >= 0.6 is 0 Å². The maximum atomic E-state index is 0. The molecule has 7 heavy (non-hydrogen) atoms. The zero-order valence-corrected chi connectivity index (χ0v) is 8.70. The third-order valence-corrected chi connectivity index (χ3v) is 0. The largest absolute Gasteiger partial charge is 1.00 e. The van der Waals surface area contributed by atoms with Crippen LogP contribution in [0.25, 0.3) is 0 Å². The van der Waals surface area contributed by atoms with Crippen molar-refractivity contribution in [2.75, 3.05) is 0 Å². The summed E-state index contributed by atoms with van der Waals surface area (Å²) in [6.07, 6.45) is 0. The Kier molecular flexibility index (Phi) is 3370. The molecule has 0 unspecified atom stereocenters. The van der Waals surface area contributed by atoms with Gasteiger partial charge in [0.1, 0.15) is 0 Å². The van der Waals surface area contributed by atoms with Crippen molar-refractivity contribution in [3.8, 4) is 0 Å². The van der Waals surface area contributed by atoms with E-state index in [1.165, 1.54) is 0 Å². The van der Waals surface area contributed by atoms with Gasteiger partial charge in [0.25, 0.3) is 0 Å². The van der Waals surface area contributed by atoms with Crippen LogP contribution < -0.4 is 53.1 Å². The molecule has 0 amide bonds. The van der Waals surface area contributed by atoms with Gasteiger partial charge in [0.05, 0.1) is 0 Å². The summed E-state index contributed by atoms with van der Waals surface area (Å²) < 4.78 is 0. The van der Waals surface area contributed by atoms with Gasteiger partial charge in [-0.15, -0.1) is 0 Å². The minimum Gasteiger partial charge on any atom is -1.00 e. The summed E-state index contributed by atoms with van der Waals surface area (Å²) in [6, 6.07) is 0. The first kappa shape index (κ1) is 188. The van der Waals surface area contributed by atoms with E-state index >= 15 is 0 Å². The van der Waals surface area contributed by atoms with Crippen LogP contribution in [-0.4, -0.2) is 0 Å². The van der Waals surface area contributed by atoms with E-state index in [0.29, 0.717) is 0 Å². The van der Waals surface area contributed by atoms with Crippen molar-refractivity contribution in [1.29, 1.82) is 0 Å². The van der Waals surface area contributed by atoms with Gasteiger partial charge in [-0.1, -0.05) is 0 Å². The average molecular weight is 362 g/mol. The van der Waals surface area contributed by atoms with Crippen LogP contribution in [0.3, 0.4) is 0 Å². The Labute approximate surface area is 81.5 Å². The van der Waals surface area contributed by atoms with E-state index in [9.17, 15) is 0 Å². The molecule has 0 aromatic carbocycles. The van der Waals surface area contributed by atoms with E-state index in [1.807, 2.05) is 0 Å². The molecule has 0 bridgehead atoms. The third kappa shape index (κ3) is 90.6. The fourth-order valence-corrected chi connectivity index (χ4v) is 0. The SMILES string of the molecule is [F-].[F-].[F-].[F-].[F-].[Na+].[Pu]. The summed E-state index contributed by atoms with van der Waals surface area (Å²) in [7, 11) is 0. The Balaban J connectivity index is 0. The van der Waals surface area contributed by atoms with E-state index in [1.54, 1.807) is 0 Å². The molecular weight excluding hydrogens is 362 g/mol. The van der Waals surface area contributed by atoms with Gasteiger partial charge in [0, 0.05) is 29.2 Å². The van der Waals surface area contributed by atoms with Gasteiger partial charge in [0.15, 0.2) is 0 Å². The average Bonchev–Trinajstić information content (AvgIpc) is 0. The van der Waals surface area contributed by atoms with Crippen molar-refractivity contribution < 1.29 is 82.3 Å². The molecule has 46 valence electrons. The normalized spacial score (nSPS) is 0. The first-order valence-corrected chi connectivity index (χ1v) is 0. The van der Waals surface area contributed by atoms with E-state index in [0.717, 1.165) is 0 Å². The summed E-state index contributed by atoms with van der Waals surface area (Å²) in [6.45, 7) is 0. The van der Waals surface area contributed by atoms with Gasteiger partial charge in [-0.2, -0.15) is 0 Å². The molecule has 0 nitrogen and oxygen atoms in total. The third-order valence-electron chi connectivity index (χ3n) is 0. The van der Waals surface area contributed by atoms with Crippen molar-refractivity contribution >= 4 is 0 Å². The monoisotopic (exact) mass is 356 g/mol. The van der Waals surface area contributed by atoms with Crippen LogP contribution in [0.5, 0.6) is 0 Å². The van der Waals surface area contributed by atoms with E-state index in [-0.39, 0.29) is 82.3 Å². The summed E-state index contributed by atoms with van der Waals surface area (Å²) in [4.78, 5) is 0. The van der Waals surface area contributed by atoms with Crippen LogP contribution in [0.2, 0.25) is 0 Å². The van der Waals surface area contributed by atoms with Gasteiger partial charge >= 0.3 is 29.6 Å². The zero-order valence-electron chi connectivity index (χ0n) is 3.30. The second-order valence-electron chi connectivity index (χ2n) is 0. The fraction of sp³-hybridized carbons (Fsp3) is 0. The Morgan fingerprint density at radius 3 is 0.429 bits per heavy atom. The molecular formula is F5NaPu-4. The van der Waals surface area contributed by atoms with E-state index in [2.05, 4.69) is 0 Å². The molecule has 0 heterocycles. The topological polar surface area (TPSA) is 0 Å². The molecule has 0 aliphatic heterocycles. The molecule has 0 atom stereocenters. The molecule has 0 saturated heterocycles. The minimum absolute atomic E-state index is 0. The van der Waals surface area contributed by atoms with Gasteiger partial charge in [-0.3, -0.25) is 0 Å². The van der Waals surface area contributed by atoms with Crippen LogP contribution in [0.15, 0.2) is 0 Å². The molecule has 0 aromatic rings. The second kappa shape index (κ2) is 126. The van der Waals surface area contributed by atoms with E-state index < -0.39 is 0 Å². The summed E-state index contributed by atoms with van der Waals surface area (Å²) in [5, 5.41) is 0. The molecule has 0 rings (SSSR count). The van der Waals surface area contributed by atoms with Crippen LogP contribution in [0, 0.1) is 29.2 Å². The van der Waals surface area contributed by atoms with Crippen LogP contribution in [-0.2, 0) is 0 Å². The van der Waals surface area contributed by atoms with Crippen molar-refractivity contribution in [1.82, 2.24) is 0 Å².